The van der Waals surface area contributed by atoms with Gasteiger partial charge in [-0.25, -0.2) is 27.5 Å². The van der Waals surface area contributed by atoms with Crippen LogP contribution in [0.15, 0.2) is 41.3 Å². The summed E-state index contributed by atoms with van der Waals surface area (Å²) in [6, 6.07) is 6.72. The van der Waals surface area contributed by atoms with E-state index < -0.39 is 27.8 Å². The summed E-state index contributed by atoms with van der Waals surface area (Å²) in [6.07, 6.45) is 2.64. The molecule has 1 amide bonds. The van der Waals surface area contributed by atoms with Crippen LogP contribution in [0.4, 0.5) is 16.0 Å². The highest BCUT2D eigenvalue weighted by molar-refractivity contribution is 7.89. The molecule has 1 saturated carbocycles. The van der Waals surface area contributed by atoms with Crippen LogP contribution in [0.25, 0.3) is 10.9 Å². The normalized spacial score (nSPS) is 20.4. The molecule has 2 fully saturated rings. The maximum absolute atomic E-state index is 14.8. The number of aryl methyl sites for hydroxylation is 1. The number of aromatic nitrogens is 5. The zero-order valence-corrected chi connectivity index (χ0v) is 24.7. The summed E-state index contributed by atoms with van der Waals surface area (Å²) in [6.45, 7) is 3.17. The summed E-state index contributed by atoms with van der Waals surface area (Å²) in [4.78, 5) is 37.1. The number of pyridine rings is 1. The van der Waals surface area contributed by atoms with Gasteiger partial charge in [0.15, 0.2) is 5.69 Å². The van der Waals surface area contributed by atoms with Crippen molar-refractivity contribution in [2.45, 2.75) is 18.9 Å². The first-order valence-corrected chi connectivity index (χ1v) is 15.5. The maximum atomic E-state index is 14.8. The van der Waals surface area contributed by atoms with E-state index in [2.05, 4.69) is 20.3 Å². The number of carbonyl (C=O) groups is 1. The fraction of sp³-hybridized carbons (Fsp3) is 0.370. The number of fused-ring (bicyclic) bond motifs is 2. The second-order valence-corrected chi connectivity index (χ2v) is 13.0. The molecule has 4 heterocycles. The van der Waals surface area contributed by atoms with Crippen molar-refractivity contribution < 1.29 is 17.6 Å². The van der Waals surface area contributed by atoms with Gasteiger partial charge in [-0.05, 0) is 49.1 Å². The number of carbonyl (C=O) groups excluding carboxylic acids is 1. The van der Waals surface area contributed by atoms with Crippen molar-refractivity contribution in [2.75, 3.05) is 29.6 Å². The summed E-state index contributed by atoms with van der Waals surface area (Å²) in [5, 5.41) is 7.48. The first kappa shape index (κ1) is 28.1. The van der Waals surface area contributed by atoms with E-state index in [4.69, 9.17) is 16.6 Å². The molecule has 0 bridgehead atoms. The topological polar surface area (TPSA) is 144 Å². The fourth-order valence-corrected chi connectivity index (χ4v) is 6.64. The van der Waals surface area contributed by atoms with Gasteiger partial charge in [-0.1, -0.05) is 11.6 Å². The Bertz CT molecular complexity index is 1920. The van der Waals surface area contributed by atoms with Crippen LogP contribution in [-0.2, 0) is 24.1 Å². The van der Waals surface area contributed by atoms with E-state index in [1.165, 1.54) is 34.5 Å². The molecule has 1 unspecified atom stereocenters. The molecule has 1 aliphatic heterocycles. The van der Waals surface area contributed by atoms with E-state index in [1.54, 1.807) is 20.2 Å². The Morgan fingerprint density at radius 1 is 1.14 bits per heavy atom. The number of halogens is 2. The molecule has 42 heavy (non-hydrogen) atoms. The number of benzene rings is 1. The van der Waals surface area contributed by atoms with Crippen LogP contribution in [0.3, 0.4) is 0 Å². The fourth-order valence-electron chi connectivity index (χ4n) is 6.06. The number of hydrogen-bond donors (Lipinski definition) is 2. The van der Waals surface area contributed by atoms with Crippen LogP contribution < -0.4 is 20.5 Å². The van der Waals surface area contributed by atoms with Crippen LogP contribution in [-0.4, -0.2) is 58.0 Å². The smallest absolute Gasteiger partial charge is 0.285 e. The van der Waals surface area contributed by atoms with Crippen LogP contribution >= 0.6 is 11.6 Å². The van der Waals surface area contributed by atoms with Crippen LogP contribution in [0, 0.1) is 17.7 Å². The highest BCUT2D eigenvalue weighted by atomic mass is 35.5. The molecule has 12 nitrogen and oxygen atoms in total. The number of piperidine rings is 1. The minimum absolute atomic E-state index is 0.0211. The summed E-state index contributed by atoms with van der Waals surface area (Å²) >= 11 is 5.98. The van der Waals surface area contributed by atoms with Gasteiger partial charge in [0.1, 0.15) is 11.0 Å². The van der Waals surface area contributed by atoms with Gasteiger partial charge in [-0.3, -0.25) is 18.8 Å². The van der Waals surface area contributed by atoms with Crippen molar-refractivity contribution in [3.8, 4) is 0 Å². The molecule has 2 aliphatic rings. The maximum Gasteiger partial charge on any atom is 0.285 e. The third-order valence-corrected chi connectivity index (χ3v) is 8.79. The van der Waals surface area contributed by atoms with Gasteiger partial charge in [0.25, 0.3) is 11.5 Å². The van der Waals surface area contributed by atoms with Gasteiger partial charge in [-0.2, -0.15) is 5.10 Å². The van der Waals surface area contributed by atoms with Crippen molar-refractivity contribution in [3.05, 3.63) is 74.8 Å². The number of hydrogen-bond acceptors (Lipinski definition) is 9. The Morgan fingerprint density at radius 2 is 1.86 bits per heavy atom. The zero-order chi connectivity index (χ0) is 30.1. The highest BCUT2D eigenvalue weighted by Gasteiger charge is 2.57. The zero-order valence-electron chi connectivity index (χ0n) is 23.2. The molecule has 6 rings (SSSR count). The molecule has 4 aromatic rings. The lowest BCUT2D eigenvalue weighted by Crippen LogP contribution is -2.32. The van der Waals surface area contributed by atoms with Crippen LogP contribution in [0.1, 0.15) is 40.6 Å². The quantitative estimate of drug-likeness (QED) is 0.300. The molecule has 1 aliphatic carbocycles. The molecule has 0 spiro atoms. The van der Waals surface area contributed by atoms with E-state index in [0.717, 1.165) is 19.3 Å². The van der Waals surface area contributed by atoms with Crippen molar-refractivity contribution in [2.24, 2.45) is 25.9 Å². The lowest BCUT2D eigenvalue weighted by Gasteiger charge is -2.25. The van der Waals surface area contributed by atoms with Gasteiger partial charge in [0.2, 0.25) is 16.0 Å². The van der Waals surface area contributed by atoms with Gasteiger partial charge in [0, 0.05) is 50.6 Å². The van der Waals surface area contributed by atoms with E-state index in [-0.39, 0.29) is 27.5 Å². The molecule has 4 atom stereocenters. The van der Waals surface area contributed by atoms with Crippen molar-refractivity contribution in [1.82, 2.24) is 29.0 Å². The molecule has 15 heteroatoms. The monoisotopic (exact) mass is 614 g/mol. The van der Waals surface area contributed by atoms with Gasteiger partial charge >= 0.3 is 0 Å². The summed E-state index contributed by atoms with van der Waals surface area (Å²) in [7, 11) is -0.306. The minimum atomic E-state index is -3.87. The predicted octanol–water partition coefficient (Wildman–Crippen LogP) is 2.57. The van der Waals surface area contributed by atoms with Gasteiger partial charge in [-0.15, -0.1) is 0 Å². The second kappa shape index (κ2) is 10.1. The average molecular weight is 615 g/mol. The molecule has 2 N–H and O–H groups in total. The number of rotatable bonds is 7. The SMILES string of the molecule is C[C@@H](Nc1ccc(Cl)nc1C(=O)NS(C)(=O)=O)c1cc(F)cc2c(=O)n(C)c(N3C[C@@H]4C(c5ccnn5C)[C@@H]4C3)nc12. The van der Waals surface area contributed by atoms with Crippen LogP contribution in [0.2, 0.25) is 5.15 Å². The second-order valence-electron chi connectivity index (χ2n) is 10.9. The van der Waals surface area contributed by atoms with Crippen molar-refractivity contribution in [3.63, 3.8) is 0 Å². The first-order valence-electron chi connectivity index (χ1n) is 13.2. The molecule has 220 valence electrons. The number of anilines is 2. The Labute approximate surface area is 245 Å². The standard InChI is InChI=1S/C27H28ClFN8O4S/c1-13(31-19-5-6-21(28)32-24(19)25(38)34-42(4,40)41)15-9-14(29)10-16-23(15)33-27(35(2)26(16)39)37-11-17-18(12-37)22(17)20-7-8-30-36(20)3/h5-10,13,17-18,22,31H,11-12H2,1-4H3,(H,34,38)/t13-,17-,18+,22?/m1/s1. The Balaban J connectivity index is 1.34. The Morgan fingerprint density at radius 3 is 2.50 bits per heavy atom. The Kier molecular flexibility index (Phi) is 6.72. The average Bonchev–Trinajstić information content (AvgIpc) is 3.21. The number of amides is 1. The predicted molar refractivity (Wildman–Crippen MR) is 156 cm³/mol. The molecule has 3 aromatic heterocycles. The molecule has 1 saturated heterocycles. The Hall–Kier alpha value is -4.04. The van der Waals surface area contributed by atoms with E-state index in [9.17, 15) is 22.4 Å². The van der Waals surface area contributed by atoms with Crippen LogP contribution in [0.5, 0.6) is 0 Å². The molecular weight excluding hydrogens is 587 g/mol. The van der Waals surface area contributed by atoms with E-state index in [0.29, 0.717) is 34.8 Å². The summed E-state index contributed by atoms with van der Waals surface area (Å²) in [5.41, 5.74) is 1.42. The third-order valence-electron chi connectivity index (χ3n) is 8.02. The number of nitrogens with zero attached hydrogens (tertiary/aromatic N) is 6. The largest absolute Gasteiger partial charge is 0.377 e. The first-order chi connectivity index (χ1) is 19.8. The number of sulfonamides is 1. The number of nitrogens with one attached hydrogen (secondary N) is 2. The van der Waals surface area contributed by atoms with E-state index in [1.807, 2.05) is 22.5 Å². The van der Waals surface area contributed by atoms with Crippen molar-refractivity contribution >= 4 is 50.1 Å². The molecule has 1 aromatic carbocycles. The highest BCUT2D eigenvalue weighted by Crippen LogP contribution is 2.58. The van der Waals surface area contributed by atoms with Gasteiger partial charge in [0.05, 0.1) is 28.9 Å². The summed E-state index contributed by atoms with van der Waals surface area (Å²) in [5.74, 6) is 0.158. The molecular formula is C27H28ClFN8O4S. The summed E-state index contributed by atoms with van der Waals surface area (Å²) < 4.78 is 43.4. The van der Waals surface area contributed by atoms with Crippen molar-refractivity contribution in [1.29, 1.82) is 0 Å². The lowest BCUT2D eigenvalue weighted by molar-refractivity contribution is 0.0977. The third kappa shape index (κ3) is 4.98. The minimum Gasteiger partial charge on any atom is -0.377 e. The molecule has 0 radical (unpaired) electrons. The van der Waals surface area contributed by atoms with Gasteiger partial charge < -0.3 is 10.2 Å². The van der Waals surface area contributed by atoms with E-state index >= 15 is 0 Å². The lowest BCUT2D eigenvalue weighted by atomic mass is 10.0.